The summed E-state index contributed by atoms with van der Waals surface area (Å²) in [5.41, 5.74) is 0. The summed E-state index contributed by atoms with van der Waals surface area (Å²) in [6.07, 6.45) is -1.77. The summed E-state index contributed by atoms with van der Waals surface area (Å²) >= 11 is 0. The first-order valence-electron chi connectivity index (χ1n) is 6.48. The number of aliphatic hydroxyl groups excluding tert-OH is 2. The lowest BCUT2D eigenvalue weighted by atomic mass is 10.2. The predicted octanol–water partition coefficient (Wildman–Crippen LogP) is 0.408. The van der Waals surface area contributed by atoms with E-state index in [4.69, 9.17) is 4.74 Å². The van der Waals surface area contributed by atoms with Crippen LogP contribution in [0.3, 0.4) is 0 Å². The molecule has 1 fully saturated rings. The van der Waals surface area contributed by atoms with E-state index in [-0.39, 0.29) is 19.0 Å². The number of carbonyl (C=O) groups excluding carboxylic acids is 1. The van der Waals surface area contributed by atoms with Crippen molar-refractivity contribution in [2.45, 2.75) is 31.7 Å². The third-order valence-corrected chi connectivity index (χ3v) is 3.24. The summed E-state index contributed by atoms with van der Waals surface area (Å²) in [6, 6.07) is 9.15. The molecule has 104 valence electrons. The SMILES string of the molecule is CCC(Oc1ccccc1)C(=O)N1CC(O)C(O)C1. The van der Waals surface area contributed by atoms with Crippen LogP contribution in [0, 0.1) is 0 Å². The second-order valence-electron chi connectivity index (χ2n) is 4.71. The summed E-state index contributed by atoms with van der Waals surface area (Å²) in [4.78, 5) is 13.7. The van der Waals surface area contributed by atoms with Crippen LogP contribution in [0.5, 0.6) is 5.75 Å². The minimum absolute atomic E-state index is 0.161. The van der Waals surface area contributed by atoms with Crippen LogP contribution in [0.25, 0.3) is 0 Å². The van der Waals surface area contributed by atoms with Gasteiger partial charge in [-0.05, 0) is 18.6 Å². The summed E-state index contributed by atoms with van der Waals surface area (Å²) in [5, 5.41) is 19.0. The largest absolute Gasteiger partial charge is 0.481 e. The number of benzene rings is 1. The Labute approximate surface area is 112 Å². The molecule has 2 N–H and O–H groups in total. The van der Waals surface area contributed by atoms with Crippen molar-refractivity contribution in [2.75, 3.05) is 13.1 Å². The molecule has 1 aliphatic rings. The topological polar surface area (TPSA) is 70.0 Å². The van der Waals surface area contributed by atoms with Crippen LogP contribution in [0.15, 0.2) is 30.3 Å². The van der Waals surface area contributed by atoms with Gasteiger partial charge in [-0.15, -0.1) is 0 Å². The Bertz CT molecular complexity index is 413. The minimum atomic E-state index is -0.863. The summed E-state index contributed by atoms with van der Waals surface area (Å²) in [7, 11) is 0. The van der Waals surface area contributed by atoms with E-state index in [0.717, 1.165) is 0 Å². The van der Waals surface area contributed by atoms with Crippen molar-refractivity contribution in [1.29, 1.82) is 0 Å². The van der Waals surface area contributed by atoms with Gasteiger partial charge in [-0.3, -0.25) is 4.79 Å². The Morgan fingerprint density at radius 2 is 1.89 bits per heavy atom. The first-order valence-corrected chi connectivity index (χ1v) is 6.48. The van der Waals surface area contributed by atoms with E-state index in [1.165, 1.54) is 4.90 Å². The van der Waals surface area contributed by atoms with E-state index in [2.05, 4.69) is 0 Å². The highest BCUT2D eigenvalue weighted by Crippen LogP contribution is 2.17. The van der Waals surface area contributed by atoms with Crippen LogP contribution in [-0.2, 0) is 4.79 Å². The lowest BCUT2D eigenvalue weighted by Gasteiger charge is -2.23. The van der Waals surface area contributed by atoms with Crippen LogP contribution < -0.4 is 4.74 Å². The molecule has 3 unspecified atom stereocenters. The van der Waals surface area contributed by atoms with E-state index >= 15 is 0 Å². The molecule has 3 atom stereocenters. The lowest BCUT2D eigenvalue weighted by Crippen LogP contribution is -2.41. The van der Waals surface area contributed by atoms with Crippen molar-refractivity contribution in [2.24, 2.45) is 0 Å². The zero-order chi connectivity index (χ0) is 13.8. The molecule has 5 heteroatoms. The number of aliphatic hydroxyl groups is 2. The van der Waals surface area contributed by atoms with Crippen molar-refractivity contribution in [3.8, 4) is 5.75 Å². The minimum Gasteiger partial charge on any atom is -0.481 e. The molecular formula is C14H19NO4. The van der Waals surface area contributed by atoms with Crippen LogP contribution >= 0.6 is 0 Å². The fourth-order valence-electron chi connectivity index (χ4n) is 2.12. The van der Waals surface area contributed by atoms with Crippen molar-refractivity contribution in [3.63, 3.8) is 0 Å². The number of β-amino-alcohol motifs (C(OH)–C–C–N with tert-alkyl or cyclic N) is 2. The van der Waals surface area contributed by atoms with Gasteiger partial charge < -0.3 is 19.8 Å². The first-order chi connectivity index (χ1) is 9.11. The molecule has 0 radical (unpaired) electrons. The lowest BCUT2D eigenvalue weighted by molar-refractivity contribution is -0.138. The zero-order valence-corrected chi connectivity index (χ0v) is 10.9. The number of likely N-dealkylation sites (tertiary alicyclic amines) is 1. The van der Waals surface area contributed by atoms with Gasteiger partial charge in [0.1, 0.15) is 5.75 Å². The Kier molecular flexibility index (Phi) is 4.39. The monoisotopic (exact) mass is 265 g/mol. The van der Waals surface area contributed by atoms with Crippen molar-refractivity contribution in [1.82, 2.24) is 4.90 Å². The van der Waals surface area contributed by atoms with Gasteiger partial charge in [0, 0.05) is 13.1 Å². The van der Waals surface area contributed by atoms with Crippen LogP contribution in [0.4, 0.5) is 0 Å². The average molecular weight is 265 g/mol. The predicted molar refractivity (Wildman–Crippen MR) is 69.7 cm³/mol. The molecule has 1 amide bonds. The molecular weight excluding hydrogens is 246 g/mol. The summed E-state index contributed by atoms with van der Waals surface area (Å²) in [5.74, 6) is 0.449. The van der Waals surface area contributed by atoms with Crippen LogP contribution in [-0.4, -0.2) is 52.4 Å². The standard InChI is InChI=1S/C14H19NO4/c1-2-13(19-10-6-4-3-5-7-10)14(18)15-8-11(16)12(17)9-15/h3-7,11-13,16-17H,2,8-9H2,1H3. The fraction of sp³-hybridized carbons (Fsp3) is 0.500. The highest BCUT2D eigenvalue weighted by molar-refractivity contribution is 5.81. The Morgan fingerprint density at radius 1 is 1.32 bits per heavy atom. The highest BCUT2D eigenvalue weighted by Gasteiger charge is 2.35. The van der Waals surface area contributed by atoms with Gasteiger partial charge in [-0.2, -0.15) is 0 Å². The first kappa shape index (κ1) is 13.8. The Morgan fingerprint density at radius 3 is 2.42 bits per heavy atom. The molecule has 1 heterocycles. The maximum atomic E-state index is 12.3. The van der Waals surface area contributed by atoms with E-state index in [1.807, 2.05) is 25.1 Å². The smallest absolute Gasteiger partial charge is 0.263 e. The van der Waals surface area contributed by atoms with Gasteiger partial charge >= 0.3 is 0 Å². The number of rotatable bonds is 4. The van der Waals surface area contributed by atoms with Gasteiger partial charge in [-0.25, -0.2) is 0 Å². The molecule has 1 aromatic rings. The van der Waals surface area contributed by atoms with E-state index < -0.39 is 18.3 Å². The second-order valence-corrected chi connectivity index (χ2v) is 4.71. The molecule has 0 aliphatic carbocycles. The summed E-state index contributed by atoms with van der Waals surface area (Å²) < 4.78 is 5.65. The third kappa shape index (κ3) is 3.24. The number of hydrogen-bond acceptors (Lipinski definition) is 4. The molecule has 1 aromatic carbocycles. The quantitative estimate of drug-likeness (QED) is 0.827. The van der Waals surface area contributed by atoms with Crippen LogP contribution in [0.2, 0.25) is 0 Å². The molecule has 19 heavy (non-hydrogen) atoms. The molecule has 0 bridgehead atoms. The molecule has 2 rings (SSSR count). The number of nitrogens with zero attached hydrogens (tertiary/aromatic N) is 1. The fourth-order valence-corrected chi connectivity index (χ4v) is 2.12. The highest BCUT2D eigenvalue weighted by atomic mass is 16.5. The van der Waals surface area contributed by atoms with E-state index in [0.29, 0.717) is 12.2 Å². The number of para-hydroxylation sites is 1. The van der Waals surface area contributed by atoms with E-state index in [1.54, 1.807) is 12.1 Å². The van der Waals surface area contributed by atoms with Gasteiger partial charge in [-0.1, -0.05) is 25.1 Å². The van der Waals surface area contributed by atoms with Gasteiger partial charge in [0.25, 0.3) is 5.91 Å². The molecule has 1 aliphatic heterocycles. The molecule has 1 saturated heterocycles. The molecule has 0 saturated carbocycles. The summed E-state index contributed by atoms with van der Waals surface area (Å²) in [6.45, 7) is 2.19. The van der Waals surface area contributed by atoms with Gasteiger partial charge in [0.05, 0.1) is 12.2 Å². The van der Waals surface area contributed by atoms with Crippen molar-refractivity contribution >= 4 is 5.91 Å². The van der Waals surface area contributed by atoms with Gasteiger partial charge in [0.2, 0.25) is 0 Å². The van der Waals surface area contributed by atoms with Crippen molar-refractivity contribution in [3.05, 3.63) is 30.3 Å². The maximum Gasteiger partial charge on any atom is 0.263 e. The maximum absolute atomic E-state index is 12.3. The number of amides is 1. The van der Waals surface area contributed by atoms with Crippen molar-refractivity contribution < 1.29 is 19.7 Å². The van der Waals surface area contributed by atoms with Gasteiger partial charge in [0.15, 0.2) is 6.10 Å². The molecule has 5 nitrogen and oxygen atoms in total. The third-order valence-electron chi connectivity index (χ3n) is 3.24. The van der Waals surface area contributed by atoms with Crippen LogP contribution in [0.1, 0.15) is 13.3 Å². The number of carbonyl (C=O) groups is 1. The number of hydrogen-bond donors (Lipinski definition) is 2. The van der Waals surface area contributed by atoms with E-state index in [9.17, 15) is 15.0 Å². The molecule has 0 spiro atoms. The number of ether oxygens (including phenoxy) is 1. The average Bonchev–Trinajstić information content (AvgIpc) is 2.76. The Balaban J connectivity index is 2.00. The zero-order valence-electron chi connectivity index (χ0n) is 10.9. The Hall–Kier alpha value is -1.59. The molecule has 0 aromatic heterocycles. The second kappa shape index (κ2) is 6.04. The normalized spacial score (nSPS) is 24.3.